The van der Waals surface area contributed by atoms with Crippen molar-refractivity contribution >= 4 is 44.2 Å². The first kappa shape index (κ1) is 18.4. The Hall–Kier alpha value is -2.39. The van der Waals surface area contributed by atoms with Crippen LogP contribution in [-0.4, -0.2) is 22.5 Å². The van der Waals surface area contributed by atoms with E-state index in [1.165, 1.54) is 23.3 Å². The van der Waals surface area contributed by atoms with Crippen molar-refractivity contribution in [3.8, 4) is 0 Å². The van der Waals surface area contributed by atoms with Crippen molar-refractivity contribution in [2.75, 3.05) is 11.9 Å². The Morgan fingerprint density at radius 3 is 2.69 bits per heavy atom. The summed E-state index contributed by atoms with van der Waals surface area (Å²) in [7, 11) is 1.44. The fourth-order valence-electron chi connectivity index (χ4n) is 2.23. The Labute approximate surface area is 154 Å². The fourth-order valence-corrected chi connectivity index (χ4v) is 3.40. The van der Waals surface area contributed by atoms with Gasteiger partial charge in [0, 0.05) is 13.2 Å². The van der Waals surface area contributed by atoms with E-state index in [-0.39, 0.29) is 0 Å². The van der Waals surface area contributed by atoms with Crippen LogP contribution in [0.5, 0.6) is 0 Å². The van der Waals surface area contributed by atoms with Crippen molar-refractivity contribution in [1.29, 1.82) is 0 Å². The molecule has 0 saturated carbocycles. The molecule has 0 aliphatic rings. The van der Waals surface area contributed by atoms with E-state index in [1.807, 2.05) is 12.1 Å². The van der Waals surface area contributed by atoms with Crippen LogP contribution in [-0.2, 0) is 17.5 Å². The third-order valence-electron chi connectivity index (χ3n) is 3.62. The van der Waals surface area contributed by atoms with Gasteiger partial charge in [0.15, 0.2) is 5.13 Å². The number of anilines is 1. The van der Waals surface area contributed by atoms with Gasteiger partial charge in [0.2, 0.25) is 5.91 Å². The van der Waals surface area contributed by atoms with E-state index in [0.29, 0.717) is 27.5 Å². The van der Waals surface area contributed by atoms with Gasteiger partial charge in [-0.3, -0.25) is 14.5 Å². The minimum atomic E-state index is -4.68. The lowest BCUT2D eigenvalue weighted by atomic mass is 10.2. The second kappa shape index (κ2) is 6.73. The lowest BCUT2D eigenvalue weighted by Crippen LogP contribution is -2.34. The number of carbonyl (C=O) groups excluding carboxylic acids is 1. The van der Waals surface area contributed by atoms with Crippen LogP contribution in [0.2, 0.25) is 5.02 Å². The van der Waals surface area contributed by atoms with Crippen molar-refractivity contribution in [1.82, 2.24) is 9.55 Å². The second-order valence-corrected chi connectivity index (χ2v) is 6.84. The monoisotopic (exact) mass is 401 g/mol. The summed E-state index contributed by atoms with van der Waals surface area (Å²) in [5.74, 6) is -0.596. The molecule has 1 aromatic carbocycles. The Bertz CT molecular complexity index is 1010. The average molecular weight is 402 g/mol. The highest BCUT2D eigenvalue weighted by molar-refractivity contribution is 7.22. The van der Waals surface area contributed by atoms with Gasteiger partial charge >= 0.3 is 6.18 Å². The molecular weight excluding hydrogens is 391 g/mol. The number of nitrogens with zero attached hydrogens (tertiary/aromatic N) is 3. The van der Waals surface area contributed by atoms with Gasteiger partial charge in [-0.1, -0.05) is 35.1 Å². The number of amides is 1. The van der Waals surface area contributed by atoms with Crippen molar-refractivity contribution in [3.05, 3.63) is 57.5 Å². The molecule has 5 nitrogen and oxygen atoms in total. The third-order valence-corrected chi connectivity index (χ3v) is 5.00. The quantitative estimate of drug-likeness (QED) is 0.671. The molecule has 0 aliphatic heterocycles. The Kier molecular flexibility index (Phi) is 4.76. The Balaban J connectivity index is 1.89. The van der Waals surface area contributed by atoms with E-state index < -0.39 is 34.8 Å². The Morgan fingerprint density at radius 2 is 2.04 bits per heavy atom. The standard InChI is InChI=1S/C16H11ClF3N3O2S/c1-22(15-21-11-4-2-3-5-12(11)26-15)13(24)8-23-7-9(16(18,19)20)6-10(17)14(23)25/h2-7H,8H2,1H3. The van der Waals surface area contributed by atoms with Gasteiger partial charge in [0.05, 0.1) is 15.8 Å². The van der Waals surface area contributed by atoms with Gasteiger partial charge in [-0.05, 0) is 18.2 Å². The zero-order valence-corrected chi connectivity index (χ0v) is 14.8. The first-order valence-electron chi connectivity index (χ1n) is 7.26. The minimum absolute atomic E-state index is 0.377. The van der Waals surface area contributed by atoms with Crippen LogP contribution in [0, 0.1) is 0 Å². The topological polar surface area (TPSA) is 55.2 Å². The molecule has 10 heteroatoms. The number of aromatic nitrogens is 2. The molecule has 26 heavy (non-hydrogen) atoms. The second-order valence-electron chi connectivity index (χ2n) is 5.42. The summed E-state index contributed by atoms with van der Waals surface area (Å²) in [5, 5.41) is -0.224. The van der Waals surface area contributed by atoms with E-state index >= 15 is 0 Å². The highest BCUT2D eigenvalue weighted by Gasteiger charge is 2.32. The molecule has 0 atom stereocenters. The van der Waals surface area contributed by atoms with Gasteiger partial charge in [-0.15, -0.1) is 0 Å². The molecule has 0 saturated heterocycles. The van der Waals surface area contributed by atoms with Crippen molar-refractivity contribution in [3.63, 3.8) is 0 Å². The lowest BCUT2D eigenvalue weighted by molar-refractivity contribution is -0.138. The van der Waals surface area contributed by atoms with Crippen LogP contribution >= 0.6 is 22.9 Å². The number of likely N-dealkylation sites (N-methyl/N-ethyl adjacent to an activating group) is 1. The lowest BCUT2D eigenvalue weighted by Gasteiger charge is -2.16. The van der Waals surface area contributed by atoms with E-state index in [0.717, 1.165) is 4.70 Å². The number of rotatable bonds is 3. The van der Waals surface area contributed by atoms with Crippen LogP contribution in [0.1, 0.15) is 5.56 Å². The summed E-state index contributed by atoms with van der Waals surface area (Å²) in [6, 6.07) is 7.80. The summed E-state index contributed by atoms with van der Waals surface area (Å²) in [5.41, 5.74) is -1.27. The van der Waals surface area contributed by atoms with Gasteiger partial charge in [0.25, 0.3) is 5.56 Å². The molecule has 136 valence electrons. The van der Waals surface area contributed by atoms with Crippen LogP contribution in [0.15, 0.2) is 41.3 Å². The number of alkyl halides is 3. The maximum atomic E-state index is 12.9. The fraction of sp³-hybridized carbons (Fsp3) is 0.188. The third kappa shape index (κ3) is 3.58. The van der Waals surface area contributed by atoms with Crippen LogP contribution in [0.25, 0.3) is 10.2 Å². The molecule has 0 fully saturated rings. The van der Waals surface area contributed by atoms with Crippen LogP contribution in [0.4, 0.5) is 18.3 Å². The smallest absolute Gasteiger partial charge is 0.304 e. The molecule has 2 heterocycles. The molecule has 3 rings (SSSR count). The van der Waals surface area contributed by atoms with E-state index in [1.54, 1.807) is 12.1 Å². The molecule has 1 amide bonds. The average Bonchev–Trinajstić information content (AvgIpc) is 3.01. The van der Waals surface area contributed by atoms with E-state index in [2.05, 4.69) is 4.98 Å². The molecule has 0 bridgehead atoms. The number of fused-ring (bicyclic) bond motifs is 1. The molecular formula is C16H11ClF3N3O2S. The predicted molar refractivity (Wildman–Crippen MR) is 93.7 cm³/mol. The minimum Gasteiger partial charge on any atom is -0.304 e. The summed E-state index contributed by atoms with van der Waals surface area (Å²) in [6.45, 7) is -0.588. The molecule has 0 spiro atoms. The predicted octanol–water partition coefficient (Wildman–Crippen LogP) is 3.79. The highest BCUT2D eigenvalue weighted by atomic mass is 35.5. The number of carbonyl (C=O) groups is 1. The maximum absolute atomic E-state index is 12.9. The van der Waals surface area contributed by atoms with Gasteiger partial charge in [0.1, 0.15) is 11.6 Å². The van der Waals surface area contributed by atoms with Gasteiger partial charge in [-0.2, -0.15) is 13.2 Å². The molecule has 3 aromatic rings. The molecule has 0 unspecified atom stereocenters. The maximum Gasteiger partial charge on any atom is 0.417 e. The summed E-state index contributed by atoms with van der Waals surface area (Å²) in [4.78, 5) is 29.9. The number of benzene rings is 1. The zero-order valence-electron chi connectivity index (χ0n) is 13.2. The Morgan fingerprint density at radius 1 is 1.35 bits per heavy atom. The first-order valence-corrected chi connectivity index (χ1v) is 8.45. The van der Waals surface area contributed by atoms with E-state index in [9.17, 15) is 22.8 Å². The van der Waals surface area contributed by atoms with Gasteiger partial charge < -0.3 is 4.57 Å². The molecule has 0 radical (unpaired) electrons. The summed E-state index contributed by atoms with van der Waals surface area (Å²) in [6.07, 6.45) is -4.10. The zero-order chi connectivity index (χ0) is 19.1. The van der Waals surface area contributed by atoms with Crippen LogP contribution < -0.4 is 10.5 Å². The normalized spacial score (nSPS) is 11.7. The largest absolute Gasteiger partial charge is 0.417 e. The molecule has 0 N–H and O–H groups in total. The first-order chi connectivity index (χ1) is 12.2. The van der Waals surface area contributed by atoms with Crippen molar-refractivity contribution < 1.29 is 18.0 Å². The number of pyridine rings is 1. The van der Waals surface area contributed by atoms with Crippen LogP contribution in [0.3, 0.4) is 0 Å². The van der Waals surface area contributed by atoms with Gasteiger partial charge in [-0.25, -0.2) is 4.98 Å². The number of hydrogen-bond donors (Lipinski definition) is 0. The summed E-state index contributed by atoms with van der Waals surface area (Å²) < 4.78 is 40.2. The summed E-state index contributed by atoms with van der Waals surface area (Å²) >= 11 is 6.85. The number of hydrogen-bond acceptors (Lipinski definition) is 4. The van der Waals surface area contributed by atoms with Crippen molar-refractivity contribution in [2.45, 2.75) is 12.7 Å². The molecule has 0 aliphatic carbocycles. The van der Waals surface area contributed by atoms with Crippen molar-refractivity contribution in [2.24, 2.45) is 0 Å². The SMILES string of the molecule is CN(C(=O)Cn1cc(C(F)(F)F)cc(Cl)c1=O)c1nc2ccccc2s1. The highest BCUT2D eigenvalue weighted by Crippen LogP contribution is 2.30. The number of para-hydroxylation sites is 1. The van der Waals surface area contributed by atoms with E-state index in [4.69, 9.17) is 11.6 Å². The number of halogens is 4. The molecule has 2 aromatic heterocycles. The number of thiazole rings is 1.